The second-order valence-electron chi connectivity index (χ2n) is 5.11. The lowest BCUT2D eigenvalue weighted by Gasteiger charge is -2.58. The van der Waals surface area contributed by atoms with Gasteiger partial charge in [-0.3, -0.25) is 4.79 Å². The summed E-state index contributed by atoms with van der Waals surface area (Å²) in [6, 6.07) is 0. The normalized spacial score (nSPS) is 53.7. The minimum Gasteiger partial charge on any atom is -0.361 e. The van der Waals surface area contributed by atoms with Crippen LogP contribution in [0.3, 0.4) is 0 Å². The molecule has 1 unspecified atom stereocenters. The Morgan fingerprint density at radius 2 is 2.17 bits per heavy atom. The summed E-state index contributed by atoms with van der Waals surface area (Å²) in [5, 5.41) is 0. The Morgan fingerprint density at radius 3 is 2.58 bits per heavy atom. The maximum Gasteiger partial charge on any atom is 0.167 e. The summed E-state index contributed by atoms with van der Waals surface area (Å²) in [4.78, 5) is 11.6. The molecule has 66 valence electrons. The molecule has 3 aliphatic carbocycles. The van der Waals surface area contributed by atoms with Crippen LogP contribution in [-0.4, -0.2) is 18.0 Å². The van der Waals surface area contributed by atoms with E-state index in [1.54, 1.807) is 0 Å². The van der Waals surface area contributed by atoms with Crippen molar-refractivity contribution in [1.82, 2.24) is 0 Å². The van der Waals surface area contributed by atoms with E-state index in [4.69, 9.17) is 4.74 Å². The molecule has 0 N–H and O–H groups in total. The van der Waals surface area contributed by atoms with E-state index in [0.29, 0.717) is 29.6 Å². The third-order valence-corrected chi connectivity index (χ3v) is 4.39. The summed E-state index contributed by atoms with van der Waals surface area (Å²) >= 11 is 0. The fourth-order valence-electron chi connectivity index (χ4n) is 3.18. The number of hydrogen-bond acceptors (Lipinski definition) is 2. The van der Waals surface area contributed by atoms with E-state index in [1.165, 1.54) is 6.42 Å². The lowest BCUT2D eigenvalue weighted by atomic mass is 9.45. The highest BCUT2D eigenvalue weighted by molar-refractivity contribution is 5.92. The van der Waals surface area contributed by atoms with E-state index >= 15 is 0 Å². The Bertz CT molecular complexity index is 263. The summed E-state index contributed by atoms with van der Waals surface area (Å²) in [5.74, 6) is 1.55. The van der Waals surface area contributed by atoms with Gasteiger partial charge in [-0.1, -0.05) is 13.8 Å². The summed E-state index contributed by atoms with van der Waals surface area (Å²) in [6.07, 6.45) is 1.99. The molecular formula is C10H14O2. The van der Waals surface area contributed by atoms with Gasteiger partial charge in [-0.2, -0.15) is 0 Å². The molecule has 1 saturated heterocycles. The van der Waals surface area contributed by atoms with Crippen LogP contribution in [0, 0.1) is 17.3 Å². The van der Waals surface area contributed by atoms with Crippen molar-refractivity contribution in [3.8, 4) is 0 Å². The van der Waals surface area contributed by atoms with Gasteiger partial charge in [0.15, 0.2) is 11.4 Å². The highest BCUT2D eigenvalue weighted by atomic mass is 16.6. The highest BCUT2D eigenvalue weighted by Gasteiger charge is 2.71. The van der Waals surface area contributed by atoms with Crippen molar-refractivity contribution in [1.29, 1.82) is 0 Å². The zero-order valence-electron chi connectivity index (χ0n) is 7.59. The fraction of sp³-hybridized carbons (Fsp3) is 0.900. The molecule has 1 spiro atoms. The van der Waals surface area contributed by atoms with Crippen molar-refractivity contribution in [2.75, 3.05) is 6.61 Å². The Morgan fingerprint density at radius 1 is 1.50 bits per heavy atom. The van der Waals surface area contributed by atoms with Gasteiger partial charge in [0, 0.05) is 12.3 Å². The van der Waals surface area contributed by atoms with Gasteiger partial charge >= 0.3 is 0 Å². The minimum atomic E-state index is -0.293. The highest BCUT2D eigenvalue weighted by Crippen LogP contribution is 2.65. The predicted octanol–water partition coefficient (Wildman–Crippen LogP) is 1.39. The van der Waals surface area contributed by atoms with Crippen molar-refractivity contribution >= 4 is 5.78 Å². The van der Waals surface area contributed by atoms with Crippen molar-refractivity contribution in [2.24, 2.45) is 17.3 Å². The number of carbonyl (C=O) groups is 1. The van der Waals surface area contributed by atoms with Crippen molar-refractivity contribution < 1.29 is 9.53 Å². The average molecular weight is 166 g/mol. The van der Waals surface area contributed by atoms with E-state index in [9.17, 15) is 4.79 Å². The Kier molecular flexibility index (Phi) is 0.958. The third kappa shape index (κ3) is 0.535. The summed E-state index contributed by atoms with van der Waals surface area (Å²) in [7, 11) is 0. The van der Waals surface area contributed by atoms with Gasteiger partial charge in [0.1, 0.15) is 0 Å². The predicted molar refractivity (Wildman–Crippen MR) is 43.7 cm³/mol. The molecule has 12 heavy (non-hydrogen) atoms. The monoisotopic (exact) mass is 166 g/mol. The summed E-state index contributed by atoms with van der Waals surface area (Å²) < 4.78 is 5.39. The Hall–Kier alpha value is -0.370. The number of fused-ring (bicyclic) bond motifs is 1. The number of Topliss-reactive ketones (excluding diaryl/α,β-unsaturated/α-hetero) is 1. The van der Waals surface area contributed by atoms with E-state index in [2.05, 4.69) is 13.8 Å². The summed E-state index contributed by atoms with van der Waals surface area (Å²) in [5.41, 5.74) is 0.0721. The standard InChI is InChI=1S/C10H14O2/c1-9(2)6-3-7(9)10(5-12-10)8(11)4-6/h6-7H,3-5H2,1-2H3/t6-,7-,10?/m1/s1. The molecule has 1 aliphatic heterocycles. The van der Waals surface area contributed by atoms with Crippen LogP contribution in [0.2, 0.25) is 0 Å². The molecule has 2 heteroatoms. The van der Waals surface area contributed by atoms with Gasteiger partial charge < -0.3 is 4.74 Å². The topological polar surface area (TPSA) is 29.6 Å². The first-order chi connectivity index (χ1) is 5.57. The van der Waals surface area contributed by atoms with Gasteiger partial charge in [0.25, 0.3) is 0 Å². The molecule has 0 amide bonds. The largest absolute Gasteiger partial charge is 0.361 e. The number of epoxide rings is 1. The van der Waals surface area contributed by atoms with E-state index in [1.807, 2.05) is 0 Å². The van der Waals surface area contributed by atoms with Crippen LogP contribution >= 0.6 is 0 Å². The van der Waals surface area contributed by atoms with Gasteiger partial charge in [-0.25, -0.2) is 0 Å². The Labute approximate surface area is 72.3 Å². The van der Waals surface area contributed by atoms with Crippen LogP contribution in [0.25, 0.3) is 0 Å². The zero-order valence-corrected chi connectivity index (χ0v) is 7.59. The first kappa shape index (κ1) is 7.07. The Balaban J connectivity index is 2.00. The number of hydrogen-bond donors (Lipinski definition) is 0. The molecule has 4 fully saturated rings. The van der Waals surface area contributed by atoms with Crippen LogP contribution in [0.4, 0.5) is 0 Å². The number of ketones is 1. The van der Waals surface area contributed by atoms with Crippen molar-refractivity contribution in [2.45, 2.75) is 32.3 Å². The van der Waals surface area contributed by atoms with E-state index in [-0.39, 0.29) is 5.60 Å². The van der Waals surface area contributed by atoms with E-state index in [0.717, 1.165) is 6.42 Å². The van der Waals surface area contributed by atoms with Crippen molar-refractivity contribution in [3.63, 3.8) is 0 Å². The first-order valence-corrected chi connectivity index (χ1v) is 4.74. The maximum absolute atomic E-state index is 11.6. The number of rotatable bonds is 0. The number of carbonyl (C=O) groups excluding carboxylic acids is 1. The molecule has 3 saturated carbocycles. The van der Waals surface area contributed by atoms with Gasteiger partial charge in [0.2, 0.25) is 0 Å². The average Bonchev–Trinajstić information content (AvgIpc) is 2.76. The van der Waals surface area contributed by atoms with Crippen LogP contribution in [0.1, 0.15) is 26.7 Å². The first-order valence-electron chi connectivity index (χ1n) is 4.74. The van der Waals surface area contributed by atoms with Crippen LogP contribution in [-0.2, 0) is 9.53 Å². The smallest absolute Gasteiger partial charge is 0.167 e. The molecule has 4 aliphatic rings. The molecule has 2 bridgehead atoms. The van der Waals surface area contributed by atoms with Crippen molar-refractivity contribution in [3.05, 3.63) is 0 Å². The molecule has 4 rings (SSSR count). The fourth-order valence-corrected chi connectivity index (χ4v) is 3.18. The second kappa shape index (κ2) is 1.63. The van der Waals surface area contributed by atoms with Gasteiger partial charge in [0.05, 0.1) is 6.61 Å². The summed E-state index contributed by atoms with van der Waals surface area (Å²) in [6.45, 7) is 5.26. The SMILES string of the molecule is CC1(C)[C@H]2CC(=O)C3(CO3)[C@@H]1C2. The molecule has 0 radical (unpaired) electrons. The van der Waals surface area contributed by atoms with Gasteiger partial charge in [-0.15, -0.1) is 0 Å². The van der Waals surface area contributed by atoms with E-state index < -0.39 is 0 Å². The third-order valence-electron chi connectivity index (χ3n) is 4.39. The van der Waals surface area contributed by atoms with Crippen LogP contribution in [0.15, 0.2) is 0 Å². The quantitative estimate of drug-likeness (QED) is 0.509. The number of ether oxygens (including phenoxy) is 1. The minimum absolute atomic E-state index is 0.293. The maximum atomic E-state index is 11.6. The molecule has 0 aromatic heterocycles. The molecule has 1 heterocycles. The molecule has 3 atom stereocenters. The van der Waals surface area contributed by atoms with Crippen LogP contribution < -0.4 is 0 Å². The molecule has 2 nitrogen and oxygen atoms in total. The molecule has 0 aromatic carbocycles. The lowest BCUT2D eigenvalue weighted by Crippen LogP contribution is -2.60. The second-order valence-corrected chi connectivity index (χ2v) is 5.11. The van der Waals surface area contributed by atoms with Crippen LogP contribution in [0.5, 0.6) is 0 Å². The van der Waals surface area contributed by atoms with Gasteiger partial charge in [-0.05, 0) is 17.8 Å². The zero-order chi connectivity index (χ0) is 8.56. The molecule has 0 aromatic rings. The molecular weight excluding hydrogens is 152 g/mol. The lowest BCUT2D eigenvalue weighted by molar-refractivity contribution is -0.158.